The summed E-state index contributed by atoms with van der Waals surface area (Å²) in [6.07, 6.45) is 3.69. The van der Waals surface area contributed by atoms with E-state index in [1.54, 1.807) is 36.5 Å². The molecule has 0 fully saturated rings. The molecule has 2 aromatic heterocycles. The van der Waals surface area contributed by atoms with Gasteiger partial charge in [-0.3, -0.25) is 9.78 Å². The predicted molar refractivity (Wildman–Crippen MR) is 98.2 cm³/mol. The highest BCUT2D eigenvalue weighted by molar-refractivity contribution is 5.94. The highest BCUT2D eigenvalue weighted by atomic mass is 19.1. The van der Waals surface area contributed by atoms with Gasteiger partial charge in [0.15, 0.2) is 0 Å². The van der Waals surface area contributed by atoms with Crippen LogP contribution in [-0.4, -0.2) is 22.4 Å². The minimum absolute atomic E-state index is 0.231. The molecule has 0 aliphatic rings. The Kier molecular flexibility index (Phi) is 5.88. The lowest BCUT2D eigenvalue weighted by molar-refractivity contribution is 0.0953. The van der Waals surface area contributed by atoms with Crippen LogP contribution in [0.15, 0.2) is 67.0 Å². The van der Waals surface area contributed by atoms with Crippen LogP contribution in [0.4, 0.5) is 10.2 Å². The van der Waals surface area contributed by atoms with Gasteiger partial charge in [0.1, 0.15) is 11.6 Å². The first kappa shape index (κ1) is 17.5. The summed E-state index contributed by atoms with van der Waals surface area (Å²) >= 11 is 0. The standard InChI is InChI=1S/C20H19FN4O/c21-18-7-2-1-5-15(18)10-12-23-20(26)16-8-9-19(24-13-16)25-14-17-6-3-4-11-22-17/h1-9,11,13H,10,12,14H2,(H,23,26)(H,24,25). The largest absolute Gasteiger partial charge is 0.364 e. The quantitative estimate of drug-likeness (QED) is 0.687. The first-order valence-corrected chi connectivity index (χ1v) is 8.34. The average Bonchev–Trinajstić information content (AvgIpc) is 2.69. The normalized spacial score (nSPS) is 10.3. The van der Waals surface area contributed by atoms with Crippen LogP contribution in [0.25, 0.3) is 0 Å². The van der Waals surface area contributed by atoms with Crippen LogP contribution in [0.5, 0.6) is 0 Å². The predicted octanol–water partition coefficient (Wildman–Crippen LogP) is 3.20. The molecule has 0 bridgehead atoms. The van der Waals surface area contributed by atoms with Crippen molar-refractivity contribution in [2.45, 2.75) is 13.0 Å². The van der Waals surface area contributed by atoms with Crippen molar-refractivity contribution in [1.29, 1.82) is 0 Å². The Morgan fingerprint density at radius 1 is 1.00 bits per heavy atom. The van der Waals surface area contributed by atoms with E-state index < -0.39 is 0 Å². The van der Waals surface area contributed by atoms with Crippen molar-refractivity contribution < 1.29 is 9.18 Å². The van der Waals surface area contributed by atoms with Crippen molar-refractivity contribution in [2.24, 2.45) is 0 Å². The third kappa shape index (κ3) is 4.86. The van der Waals surface area contributed by atoms with Gasteiger partial charge in [-0.1, -0.05) is 24.3 Å². The SMILES string of the molecule is O=C(NCCc1ccccc1F)c1ccc(NCc2ccccn2)nc1. The van der Waals surface area contributed by atoms with Crippen LogP contribution < -0.4 is 10.6 Å². The van der Waals surface area contributed by atoms with E-state index in [-0.39, 0.29) is 11.7 Å². The fraction of sp³-hybridized carbons (Fsp3) is 0.150. The number of hydrogen-bond donors (Lipinski definition) is 2. The van der Waals surface area contributed by atoms with Crippen LogP contribution in [-0.2, 0) is 13.0 Å². The zero-order chi connectivity index (χ0) is 18.2. The van der Waals surface area contributed by atoms with Crippen LogP contribution in [0.2, 0.25) is 0 Å². The van der Waals surface area contributed by atoms with Crippen molar-refractivity contribution in [3.05, 3.63) is 89.6 Å². The summed E-state index contributed by atoms with van der Waals surface area (Å²) in [5.74, 6) is 0.176. The molecular formula is C20H19FN4O. The van der Waals surface area contributed by atoms with Crippen molar-refractivity contribution in [1.82, 2.24) is 15.3 Å². The van der Waals surface area contributed by atoms with E-state index in [0.717, 1.165) is 5.69 Å². The van der Waals surface area contributed by atoms with Crippen LogP contribution in [0, 0.1) is 5.82 Å². The van der Waals surface area contributed by atoms with Gasteiger partial charge in [0.2, 0.25) is 0 Å². The molecule has 2 N–H and O–H groups in total. The maximum absolute atomic E-state index is 13.5. The Morgan fingerprint density at radius 2 is 1.85 bits per heavy atom. The van der Waals surface area contributed by atoms with Gasteiger partial charge in [0.25, 0.3) is 5.91 Å². The van der Waals surface area contributed by atoms with Crippen molar-refractivity contribution >= 4 is 11.7 Å². The number of carbonyl (C=O) groups is 1. The Hall–Kier alpha value is -3.28. The van der Waals surface area contributed by atoms with Gasteiger partial charge in [0, 0.05) is 18.9 Å². The Morgan fingerprint density at radius 3 is 2.58 bits per heavy atom. The molecule has 6 heteroatoms. The number of anilines is 1. The van der Waals surface area contributed by atoms with Crippen LogP contribution in [0.1, 0.15) is 21.6 Å². The molecule has 2 heterocycles. The van der Waals surface area contributed by atoms with E-state index in [2.05, 4.69) is 20.6 Å². The maximum atomic E-state index is 13.5. The number of benzene rings is 1. The molecule has 132 valence electrons. The molecule has 0 saturated heterocycles. The number of pyridine rings is 2. The van der Waals surface area contributed by atoms with Gasteiger partial charge < -0.3 is 10.6 Å². The summed E-state index contributed by atoms with van der Waals surface area (Å²) < 4.78 is 13.5. The Labute approximate surface area is 151 Å². The first-order valence-electron chi connectivity index (χ1n) is 8.34. The summed E-state index contributed by atoms with van der Waals surface area (Å²) in [7, 11) is 0. The monoisotopic (exact) mass is 350 g/mol. The molecule has 0 aliphatic carbocycles. The lowest BCUT2D eigenvalue weighted by Crippen LogP contribution is -2.26. The van der Waals surface area contributed by atoms with Crippen molar-refractivity contribution in [3.8, 4) is 0 Å². The van der Waals surface area contributed by atoms with E-state index in [4.69, 9.17) is 0 Å². The molecule has 0 saturated carbocycles. The molecule has 3 rings (SSSR count). The molecule has 3 aromatic rings. The molecule has 26 heavy (non-hydrogen) atoms. The van der Waals surface area contributed by atoms with E-state index >= 15 is 0 Å². The van der Waals surface area contributed by atoms with E-state index in [1.165, 1.54) is 12.3 Å². The van der Waals surface area contributed by atoms with E-state index in [1.807, 2.05) is 18.2 Å². The second-order valence-corrected chi connectivity index (χ2v) is 5.70. The third-order valence-corrected chi connectivity index (χ3v) is 3.84. The summed E-state index contributed by atoms with van der Waals surface area (Å²) in [5.41, 5.74) is 1.95. The molecule has 1 aromatic carbocycles. The lowest BCUT2D eigenvalue weighted by Gasteiger charge is -2.08. The Balaban J connectivity index is 1.48. The van der Waals surface area contributed by atoms with Crippen LogP contribution >= 0.6 is 0 Å². The van der Waals surface area contributed by atoms with Gasteiger partial charge in [-0.2, -0.15) is 0 Å². The summed E-state index contributed by atoms with van der Waals surface area (Å²) in [6, 6.07) is 15.7. The zero-order valence-electron chi connectivity index (χ0n) is 14.2. The number of hydrogen-bond acceptors (Lipinski definition) is 4. The first-order chi connectivity index (χ1) is 12.7. The number of nitrogens with one attached hydrogen (secondary N) is 2. The third-order valence-electron chi connectivity index (χ3n) is 3.84. The second-order valence-electron chi connectivity index (χ2n) is 5.70. The molecule has 1 amide bonds. The molecule has 0 radical (unpaired) electrons. The molecule has 0 aliphatic heterocycles. The van der Waals surface area contributed by atoms with Gasteiger partial charge in [-0.15, -0.1) is 0 Å². The number of nitrogens with zero attached hydrogens (tertiary/aromatic N) is 2. The number of carbonyl (C=O) groups excluding carboxylic acids is 1. The van der Waals surface area contributed by atoms with Crippen molar-refractivity contribution in [2.75, 3.05) is 11.9 Å². The van der Waals surface area contributed by atoms with E-state index in [9.17, 15) is 9.18 Å². The van der Waals surface area contributed by atoms with Gasteiger partial charge in [-0.25, -0.2) is 9.37 Å². The van der Waals surface area contributed by atoms with Crippen LogP contribution in [0.3, 0.4) is 0 Å². The highest BCUT2D eigenvalue weighted by Gasteiger charge is 2.07. The summed E-state index contributed by atoms with van der Waals surface area (Å²) in [6.45, 7) is 0.918. The lowest BCUT2D eigenvalue weighted by atomic mass is 10.1. The smallest absolute Gasteiger partial charge is 0.252 e. The molecule has 0 spiro atoms. The Bertz CT molecular complexity index is 853. The number of aromatic nitrogens is 2. The summed E-state index contributed by atoms with van der Waals surface area (Å²) in [5, 5.41) is 5.93. The minimum Gasteiger partial charge on any atom is -0.364 e. The number of rotatable bonds is 7. The van der Waals surface area contributed by atoms with Gasteiger partial charge in [0.05, 0.1) is 17.8 Å². The fourth-order valence-electron chi connectivity index (χ4n) is 2.43. The van der Waals surface area contributed by atoms with E-state index in [0.29, 0.717) is 36.5 Å². The van der Waals surface area contributed by atoms with Crippen molar-refractivity contribution in [3.63, 3.8) is 0 Å². The molecule has 5 nitrogen and oxygen atoms in total. The molecule has 0 unspecified atom stereocenters. The number of amides is 1. The zero-order valence-corrected chi connectivity index (χ0v) is 14.2. The fourth-order valence-corrected chi connectivity index (χ4v) is 2.43. The molecular weight excluding hydrogens is 331 g/mol. The minimum atomic E-state index is -0.258. The summed E-state index contributed by atoms with van der Waals surface area (Å²) in [4.78, 5) is 20.6. The average molecular weight is 350 g/mol. The second kappa shape index (κ2) is 8.71. The number of halogens is 1. The van der Waals surface area contributed by atoms with Gasteiger partial charge >= 0.3 is 0 Å². The molecule has 0 atom stereocenters. The highest BCUT2D eigenvalue weighted by Crippen LogP contribution is 2.08. The maximum Gasteiger partial charge on any atom is 0.252 e. The topological polar surface area (TPSA) is 66.9 Å². The van der Waals surface area contributed by atoms with Gasteiger partial charge in [-0.05, 0) is 42.3 Å².